The Balaban J connectivity index is 2.23. The molecule has 5 heteroatoms. The molecule has 28 heavy (non-hydrogen) atoms. The molecule has 2 aromatic carbocycles. The Morgan fingerprint density at radius 3 is 2.43 bits per heavy atom. The smallest absolute Gasteiger partial charge is 0.347 e. The Morgan fingerprint density at radius 1 is 1.07 bits per heavy atom. The van der Waals surface area contributed by atoms with E-state index in [0.717, 1.165) is 12.1 Å². The minimum Gasteiger partial charge on any atom is -0.426 e. The molecule has 0 aliphatic heterocycles. The number of carbonyl (C=O) groups is 2. The van der Waals surface area contributed by atoms with Crippen LogP contribution in [-0.2, 0) is 4.79 Å². The van der Waals surface area contributed by atoms with Crippen molar-refractivity contribution in [3.05, 3.63) is 65.7 Å². The van der Waals surface area contributed by atoms with Crippen LogP contribution in [0.4, 0.5) is 0 Å². The summed E-state index contributed by atoms with van der Waals surface area (Å²) in [5.74, 6) is -0.107. The van der Waals surface area contributed by atoms with Crippen molar-refractivity contribution in [3.63, 3.8) is 0 Å². The van der Waals surface area contributed by atoms with Crippen LogP contribution in [0.15, 0.2) is 54.6 Å². The summed E-state index contributed by atoms with van der Waals surface area (Å²) in [5, 5.41) is 0. The fourth-order valence-electron chi connectivity index (χ4n) is 3.16. The van der Waals surface area contributed by atoms with E-state index in [0.29, 0.717) is 11.7 Å². The number of rotatable bonds is 7. The Hall–Kier alpha value is -2.92. The molecular weight excluding hydrogens is 354 g/mol. The Kier molecular flexibility index (Phi) is 7.52. The van der Waals surface area contributed by atoms with Crippen LogP contribution in [0.5, 0.6) is 11.5 Å². The first kappa shape index (κ1) is 21.4. The lowest BCUT2D eigenvalue weighted by atomic mass is 9.93. The van der Waals surface area contributed by atoms with Crippen LogP contribution in [0.25, 0.3) is 5.57 Å². The average Bonchev–Trinajstić information content (AvgIpc) is 2.62. The Bertz CT molecular complexity index is 870. The number of nitrogens with zero attached hydrogens (tertiary/aromatic N) is 1. The van der Waals surface area contributed by atoms with Gasteiger partial charge in [0.15, 0.2) is 0 Å². The number of hydrogen-bond donors (Lipinski definition) is 0. The number of hydrogen-bond acceptors (Lipinski definition) is 5. The van der Waals surface area contributed by atoms with E-state index in [4.69, 9.17) is 9.47 Å². The second-order valence-electron chi connectivity index (χ2n) is 6.91. The van der Waals surface area contributed by atoms with Gasteiger partial charge in [0, 0.05) is 13.5 Å². The number of esters is 2. The summed E-state index contributed by atoms with van der Waals surface area (Å²) >= 11 is 0. The first-order valence-corrected chi connectivity index (χ1v) is 9.22. The molecule has 0 heterocycles. The molecule has 0 fully saturated rings. The van der Waals surface area contributed by atoms with E-state index in [2.05, 4.69) is 17.9 Å². The van der Waals surface area contributed by atoms with E-state index in [-0.39, 0.29) is 11.3 Å². The van der Waals surface area contributed by atoms with Gasteiger partial charge in [-0.3, -0.25) is 4.79 Å². The van der Waals surface area contributed by atoms with Crippen molar-refractivity contribution in [2.45, 2.75) is 20.8 Å². The molecule has 0 amide bonds. The molecule has 0 saturated carbocycles. The summed E-state index contributed by atoms with van der Waals surface area (Å²) in [7, 11) is 4.09. The minimum atomic E-state index is -0.572. The van der Waals surface area contributed by atoms with Gasteiger partial charge in [-0.1, -0.05) is 37.3 Å². The van der Waals surface area contributed by atoms with Crippen LogP contribution < -0.4 is 9.47 Å². The summed E-state index contributed by atoms with van der Waals surface area (Å²) in [5.41, 5.74) is 2.40. The number of carbonyl (C=O) groups excluding carboxylic acids is 2. The van der Waals surface area contributed by atoms with Gasteiger partial charge in [0.1, 0.15) is 17.1 Å². The molecule has 0 spiro atoms. The van der Waals surface area contributed by atoms with E-state index in [9.17, 15) is 9.59 Å². The number of para-hydroxylation sites is 1. The summed E-state index contributed by atoms with van der Waals surface area (Å²) in [6.07, 6.45) is 2.09. The topological polar surface area (TPSA) is 55.8 Å². The molecule has 148 valence electrons. The summed E-state index contributed by atoms with van der Waals surface area (Å²) in [6, 6.07) is 14.0. The van der Waals surface area contributed by atoms with Crippen LogP contribution in [0.3, 0.4) is 0 Å². The third-order valence-corrected chi connectivity index (χ3v) is 4.22. The monoisotopic (exact) mass is 381 g/mol. The van der Waals surface area contributed by atoms with Crippen molar-refractivity contribution in [3.8, 4) is 11.5 Å². The fourth-order valence-corrected chi connectivity index (χ4v) is 3.16. The first-order valence-electron chi connectivity index (χ1n) is 9.22. The van der Waals surface area contributed by atoms with Gasteiger partial charge in [0.2, 0.25) is 0 Å². The molecule has 1 atom stereocenters. The SMILES string of the molecule is C/C=C(\c1cccc(OC(=O)c2ccccc2OC(C)=O)c1)C(C)CN(C)C. The third kappa shape index (κ3) is 5.79. The predicted molar refractivity (Wildman–Crippen MR) is 111 cm³/mol. The number of benzene rings is 2. The molecule has 0 N–H and O–H groups in total. The molecule has 1 unspecified atom stereocenters. The highest BCUT2D eigenvalue weighted by atomic mass is 16.5. The van der Waals surface area contributed by atoms with Gasteiger partial charge in [0.25, 0.3) is 0 Å². The minimum absolute atomic E-state index is 0.185. The van der Waals surface area contributed by atoms with E-state index in [1.54, 1.807) is 30.3 Å². The van der Waals surface area contributed by atoms with Gasteiger partial charge in [0.05, 0.1) is 0 Å². The van der Waals surface area contributed by atoms with Gasteiger partial charge >= 0.3 is 11.9 Å². The van der Waals surface area contributed by atoms with Gasteiger partial charge in [-0.15, -0.1) is 0 Å². The normalized spacial score (nSPS) is 12.6. The molecule has 0 radical (unpaired) electrons. The zero-order chi connectivity index (χ0) is 20.7. The predicted octanol–water partition coefficient (Wildman–Crippen LogP) is 4.43. The van der Waals surface area contributed by atoms with Gasteiger partial charge in [-0.05, 0) is 62.3 Å². The van der Waals surface area contributed by atoms with E-state index in [1.807, 2.05) is 39.2 Å². The second-order valence-corrected chi connectivity index (χ2v) is 6.91. The molecule has 0 bridgehead atoms. The highest BCUT2D eigenvalue weighted by Crippen LogP contribution is 2.28. The van der Waals surface area contributed by atoms with Crippen LogP contribution in [0.2, 0.25) is 0 Å². The largest absolute Gasteiger partial charge is 0.426 e. The summed E-state index contributed by atoms with van der Waals surface area (Å²) in [6.45, 7) is 6.39. The number of allylic oxidation sites excluding steroid dienone is 1. The summed E-state index contributed by atoms with van der Waals surface area (Å²) < 4.78 is 10.6. The van der Waals surface area contributed by atoms with E-state index >= 15 is 0 Å². The molecule has 2 rings (SSSR count). The van der Waals surface area contributed by atoms with E-state index in [1.165, 1.54) is 12.5 Å². The van der Waals surface area contributed by atoms with Gasteiger partial charge < -0.3 is 14.4 Å². The van der Waals surface area contributed by atoms with Crippen molar-refractivity contribution in [2.75, 3.05) is 20.6 Å². The maximum absolute atomic E-state index is 12.6. The second kappa shape index (κ2) is 9.85. The molecule has 0 aliphatic carbocycles. The highest BCUT2D eigenvalue weighted by molar-refractivity contribution is 5.94. The lowest BCUT2D eigenvalue weighted by molar-refractivity contribution is -0.131. The van der Waals surface area contributed by atoms with Crippen molar-refractivity contribution in [1.29, 1.82) is 0 Å². The average molecular weight is 381 g/mol. The van der Waals surface area contributed by atoms with Crippen LogP contribution >= 0.6 is 0 Å². The first-order chi connectivity index (χ1) is 13.3. The third-order valence-electron chi connectivity index (χ3n) is 4.22. The van der Waals surface area contributed by atoms with Crippen LogP contribution in [-0.4, -0.2) is 37.5 Å². The maximum atomic E-state index is 12.6. The Morgan fingerprint density at radius 2 is 1.79 bits per heavy atom. The maximum Gasteiger partial charge on any atom is 0.347 e. The fraction of sp³-hybridized carbons (Fsp3) is 0.304. The van der Waals surface area contributed by atoms with Crippen LogP contribution in [0.1, 0.15) is 36.7 Å². The standard InChI is InChI=1S/C23H27NO4/c1-6-20(16(2)15-24(4)5)18-10-9-11-19(14-18)28-23(26)21-12-7-8-13-22(21)27-17(3)25/h6-14,16H,15H2,1-5H3/b20-6-. The molecule has 2 aromatic rings. The highest BCUT2D eigenvalue weighted by Gasteiger charge is 2.17. The van der Waals surface area contributed by atoms with Crippen molar-refractivity contribution in [2.24, 2.45) is 5.92 Å². The zero-order valence-electron chi connectivity index (χ0n) is 17.1. The quantitative estimate of drug-likeness (QED) is 0.524. The van der Waals surface area contributed by atoms with Crippen molar-refractivity contribution >= 4 is 17.5 Å². The van der Waals surface area contributed by atoms with Crippen LogP contribution in [0, 0.1) is 5.92 Å². The van der Waals surface area contributed by atoms with E-state index < -0.39 is 11.9 Å². The van der Waals surface area contributed by atoms with Gasteiger partial charge in [-0.25, -0.2) is 4.79 Å². The Labute approximate surface area is 166 Å². The summed E-state index contributed by atoms with van der Waals surface area (Å²) in [4.78, 5) is 26.0. The zero-order valence-corrected chi connectivity index (χ0v) is 17.1. The molecule has 0 saturated heterocycles. The molecular formula is C23H27NO4. The van der Waals surface area contributed by atoms with Gasteiger partial charge in [-0.2, -0.15) is 0 Å². The molecule has 5 nitrogen and oxygen atoms in total. The lowest BCUT2D eigenvalue weighted by Gasteiger charge is -2.20. The molecule has 0 aromatic heterocycles. The molecule has 0 aliphatic rings. The lowest BCUT2D eigenvalue weighted by Crippen LogP contribution is -2.20. The van der Waals surface area contributed by atoms with Crippen molar-refractivity contribution in [1.82, 2.24) is 4.90 Å². The number of ether oxygens (including phenoxy) is 2. The van der Waals surface area contributed by atoms with Crippen molar-refractivity contribution < 1.29 is 19.1 Å².